The van der Waals surface area contributed by atoms with Crippen LogP contribution in [0.2, 0.25) is 0 Å². The summed E-state index contributed by atoms with van der Waals surface area (Å²) in [5.74, 6) is -0.786. The highest BCUT2D eigenvalue weighted by Crippen LogP contribution is 2.18. The third kappa shape index (κ3) is 4.38. The van der Waals surface area contributed by atoms with Crippen molar-refractivity contribution in [2.75, 3.05) is 13.7 Å². The minimum atomic E-state index is -0.994. The van der Waals surface area contributed by atoms with Gasteiger partial charge in [0, 0.05) is 13.7 Å². The maximum Gasteiger partial charge on any atom is 0.326 e. The maximum absolute atomic E-state index is 12.1. The van der Waals surface area contributed by atoms with Crippen molar-refractivity contribution in [1.82, 2.24) is 10.2 Å². The van der Waals surface area contributed by atoms with Crippen molar-refractivity contribution in [2.24, 2.45) is 5.92 Å². The molecule has 0 bridgehead atoms. The molecular formula is C13H24N2O4. The van der Waals surface area contributed by atoms with Gasteiger partial charge >= 0.3 is 12.0 Å². The van der Waals surface area contributed by atoms with Gasteiger partial charge in [-0.2, -0.15) is 0 Å². The van der Waals surface area contributed by atoms with E-state index >= 15 is 0 Å². The van der Waals surface area contributed by atoms with Crippen molar-refractivity contribution in [3.8, 4) is 0 Å². The zero-order valence-electron chi connectivity index (χ0n) is 12.0. The van der Waals surface area contributed by atoms with Gasteiger partial charge in [-0.3, -0.25) is 0 Å². The first kappa shape index (κ1) is 15.8. The van der Waals surface area contributed by atoms with E-state index in [1.165, 1.54) is 0 Å². The van der Waals surface area contributed by atoms with Crippen molar-refractivity contribution < 1.29 is 19.4 Å². The Hall–Kier alpha value is -1.30. The van der Waals surface area contributed by atoms with Gasteiger partial charge in [0.15, 0.2) is 0 Å². The van der Waals surface area contributed by atoms with Gasteiger partial charge in [-0.05, 0) is 25.7 Å². The van der Waals surface area contributed by atoms with Crippen molar-refractivity contribution in [1.29, 1.82) is 0 Å². The molecule has 6 nitrogen and oxygen atoms in total. The second kappa shape index (κ2) is 6.75. The minimum absolute atomic E-state index is 0.00787. The maximum atomic E-state index is 12.1. The van der Waals surface area contributed by atoms with E-state index in [4.69, 9.17) is 9.84 Å². The molecule has 0 aromatic heterocycles. The fourth-order valence-corrected chi connectivity index (χ4v) is 2.32. The molecule has 1 saturated heterocycles. The van der Waals surface area contributed by atoms with Gasteiger partial charge in [0.25, 0.3) is 0 Å². The fourth-order valence-electron chi connectivity index (χ4n) is 2.32. The summed E-state index contributed by atoms with van der Waals surface area (Å²) in [7, 11) is 1.68. The quantitative estimate of drug-likeness (QED) is 0.790. The van der Waals surface area contributed by atoms with Crippen LogP contribution in [0.25, 0.3) is 0 Å². The molecule has 0 aromatic rings. The van der Waals surface area contributed by atoms with Gasteiger partial charge in [0.2, 0.25) is 0 Å². The molecular weight excluding hydrogens is 248 g/mol. The summed E-state index contributed by atoms with van der Waals surface area (Å²) in [6.07, 6.45) is 1.20. The van der Waals surface area contributed by atoms with E-state index in [-0.39, 0.29) is 24.1 Å². The molecule has 2 amide bonds. The van der Waals surface area contributed by atoms with Crippen LogP contribution in [-0.4, -0.2) is 53.8 Å². The summed E-state index contributed by atoms with van der Waals surface area (Å²) in [6.45, 7) is 6.42. The molecule has 6 heteroatoms. The average Bonchev–Trinajstić information content (AvgIpc) is 2.72. The standard InChI is InChI=1S/C13H24N2O4/c1-8(2)7-10(12(16)17)14-13(18)15(4)11-5-6-19-9(11)3/h8-11H,5-7H2,1-4H3,(H,14,18)(H,16,17)/t9?,10-,11?/m1/s1. The van der Waals surface area contributed by atoms with E-state index in [0.29, 0.717) is 13.0 Å². The lowest BCUT2D eigenvalue weighted by atomic mass is 10.0. The van der Waals surface area contributed by atoms with Gasteiger partial charge < -0.3 is 20.1 Å². The number of hydrogen-bond acceptors (Lipinski definition) is 3. The van der Waals surface area contributed by atoms with Crippen LogP contribution >= 0.6 is 0 Å². The number of carboxylic acid groups (broad SMARTS) is 1. The summed E-state index contributed by atoms with van der Waals surface area (Å²) < 4.78 is 5.42. The Balaban J connectivity index is 2.58. The van der Waals surface area contributed by atoms with E-state index in [1.54, 1.807) is 11.9 Å². The third-order valence-electron chi connectivity index (χ3n) is 3.46. The first-order chi connectivity index (χ1) is 8.82. The summed E-state index contributed by atoms with van der Waals surface area (Å²) >= 11 is 0. The van der Waals surface area contributed by atoms with Crippen molar-refractivity contribution in [3.63, 3.8) is 0 Å². The second-order valence-corrected chi connectivity index (χ2v) is 5.51. The summed E-state index contributed by atoms with van der Waals surface area (Å²) in [5.41, 5.74) is 0. The lowest BCUT2D eigenvalue weighted by molar-refractivity contribution is -0.139. The van der Waals surface area contributed by atoms with Gasteiger partial charge in [0.05, 0.1) is 12.1 Å². The number of carboxylic acids is 1. The van der Waals surface area contributed by atoms with Gasteiger partial charge in [0.1, 0.15) is 6.04 Å². The molecule has 19 heavy (non-hydrogen) atoms. The lowest BCUT2D eigenvalue weighted by Crippen LogP contribution is -2.51. The zero-order valence-corrected chi connectivity index (χ0v) is 12.0. The highest BCUT2D eigenvalue weighted by Gasteiger charge is 2.32. The number of likely N-dealkylation sites (N-methyl/N-ethyl adjacent to an activating group) is 1. The molecule has 110 valence electrons. The number of nitrogens with one attached hydrogen (secondary N) is 1. The predicted molar refractivity (Wildman–Crippen MR) is 71.0 cm³/mol. The van der Waals surface area contributed by atoms with Crippen LogP contribution in [-0.2, 0) is 9.53 Å². The fraction of sp³-hybridized carbons (Fsp3) is 0.846. The Kier molecular flexibility index (Phi) is 5.60. The number of nitrogens with zero attached hydrogens (tertiary/aromatic N) is 1. The molecule has 0 spiro atoms. The Bertz CT molecular complexity index is 333. The smallest absolute Gasteiger partial charge is 0.326 e. The van der Waals surface area contributed by atoms with Gasteiger partial charge in [-0.1, -0.05) is 13.8 Å². The minimum Gasteiger partial charge on any atom is -0.480 e. The number of carbonyl (C=O) groups excluding carboxylic acids is 1. The Morgan fingerprint density at radius 3 is 2.53 bits per heavy atom. The van der Waals surface area contributed by atoms with E-state index in [2.05, 4.69) is 5.32 Å². The topological polar surface area (TPSA) is 78.9 Å². The zero-order chi connectivity index (χ0) is 14.6. The predicted octanol–water partition coefficient (Wildman–Crippen LogP) is 1.30. The Morgan fingerprint density at radius 2 is 2.11 bits per heavy atom. The number of urea groups is 1. The number of rotatable bonds is 5. The molecule has 1 fully saturated rings. The molecule has 1 heterocycles. The van der Waals surface area contributed by atoms with Crippen LogP contribution < -0.4 is 5.32 Å². The summed E-state index contributed by atoms with van der Waals surface area (Å²) in [5, 5.41) is 11.7. The van der Waals surface area contributed by atoms with Gasteiger partial charge in [-0.15, -0.1) is 0 Å². The van der Waals surface area contributed by atoms with Crippen LogP contribution in [0.3, 0.4) is 0 Å². The van der Waals surface area contributed by atoms with Crippen LogP contribution in [0.1, 0.15) is 33.6 Å². The molecule has 0 saturated carbocycles. The molecule has 2 unspecified atom stereocenters. The molecule has 1 aliphatic heterocycles. The molecule has 1 rings (SSSR count). The molecule has 0 radical (unpaired) electrons. The SMILES string of the molecule is CC(C)C[C@@H](NC(=O)N(C)C1CCOC1C)C(=O)O. The van der Waals surface area contributed by atoms with E-state index < -0.39 is 12.0 Å². The number of aliphatic carboxylic acids is 1. The molecule has 0 aliphatic carbocycles. The first-order valence-corrected chi connectivity index (χ1v) is 6.70. The van der Waals surface area contributed by atoms with E-state index in [0.717, 1.165) is 6.42 Å². The average molecular weight is 272 g/mol. The number of amides is 2. The second-order valence-electron chi connectivity index (χ2n) is 5.51. The highest BCUT2D eigenvalue weighted by atomic mass is 16.5. The van der Waals surface area contributed by atoms with Crippen LogP contribution in [0.4, 0.5) is 4.79 Å². The van der Waals surface area contributed by atoms with E-state index in [9.17, 15) is 9.59 Å². The normalized spacial score (nSPS) is 24.3. The molecule has 2 N–H and O–H groups in total. The largest absolute Gasteiger partial charge is 0.480 e. The molecule has 1 aliphatic rings. The van der Waals surface area contributed by atoms with E-state index in [1.807, 2.05) is 20.8 Å². The summed E-state index contributed by atoms with van der Waals surface area (Å²) in [4.78, 5) is 24.7. The number of ether oxygens (including phenoxy) is 1. The number of hydrogen-bond donors (Lipinski definition) is 2. The lowest BCUT2D eigenvalue weighted by Gasteiger charge is -2.28. The Morgan fingerprint density at radius 1 is 1.47 bits per heavy atom. The monoisotopic (exact) mass is 272 g/mol. The summed E-state index contributed by atoms with van der Waals surface area (Å²) in [6, 6.07) is -1.18. The van der Waals surface area contributed by atoms with Crippen molar-refractivity contribution in [2.45, 2.75) is 51.8 Å². The molecule has 3 atom stereocenters. The van der Waals surface area contributed by atoms with Crippen LogP contribution in [0, 0.1) is 5.92 Å². The first-order valence-electron chi connectivity index (χ1n) is 6.70. The highest BCUT2D eigenvalue weighted by molar-refractivity contribution is 5.82. The Labute approximate surface area is 114 Å². The van der Waals surface area contributed by atoms with Crippen LogP contribution in [0.5, 0.6) is 0 Å². The number of carbonyl (C=O) groups is 2. The third-order valence-corrected chi connectivity index (χ3v) is 3.46. The van der Waals surface area contributed by atoms with Crippen LogP contribution in [0.15, 0.2) is 0 Å². The van der Waals surface area contributed by atoms with Crippen molar-refractivity contribution in [3.05, 3.63) is 0 Å². The van der Waals surface area contributed by atoms with Gasteiger partial charge in [-0.25, -0.2) is 9.59 Å². The van der Waals surface area contributed by atoms with Crippen molar-refractivity contribution >= 4 is 12.0 Å². The molecule has 0 aromatic carbocycles.